The van der Waals surface area contributed by atoms with E-state index >= 15 is 0 Å². The molecule has 0 unspecified atom stereocenters. The molecule has 0 amide bonds. The minimum absolute atomic E-state index is 0.355. The van der Waals surface area contributed by atoms with Crippen LogP contribution in [0.4, 0.5) is 11.6 Å². The third-order valence-corrected chi connectivity index (χ3v) is 4.86. The van der Waals surface area contributed by atoms with E-state index in [0.717, 1.165) is 5.69 Å². The highest BCUT2D eigenvalue weighted by atomic mass is 35.5. The van der Waals surface area contributed by atoms with Gasteiger partial charge in [0.05, 0.1) is 28.4 Å². The zero-order chi connectivity index (χ0) is 20.7. The zero-order valence-electron chi connectivity index (χ0n) is 15.4. The van der Waals surface area contributed by atoms with E-state index in [0.29, 0.717) is 50.4 Å². The number of hydrogen-bond donors (Lipinski definition) is 1. The van der Waals surface area contributed by atoms with Gasteiger partial charge < -0.3 is 9.73 Å². The number of benzene rings is 1. The monoisotopic (exact) mass is 438 g/mol. The summed E-state index contributed by atoms with van der Waals surface area (Å²) in [6.45, 7) is 1.86. The van der Waals surface area contributed by atoms with Gasteiger partial charge in [0.25, 0.3) is 5.78 Å². The third kappa shape index (κ3) is 3.34. The minimum atomic E-state index is 0.355. The molecule has 0 aliphatic heterocycles. The maximum absolute atomic E-state index is 6.22. The largest absolute Gasteiger partial charge is 0.461 e. The fourth-order valence-electron chi connectivity index (χ4n) is 2.87. The second-order valence-corrected chi connectivity index (χ2v) is 7.12. The predicted molar refractivity (Wildman–Crippen MR) is 112 cm³/mol. The Kier molecular flexibility index (Phi) is 4.53. The van der Waals surface area contributed by atoms with Crippen LogP contribution in [0.5, 0.6) is 0 Å². The Balaban J connectivity index is 1.52. The average molecular weight is 439 g/mol. The molecule has 0 fully saturated rings. The Morgan fingerprint density at radius 2 is 1.97 bits per heavy atom. The number of furan rings is 1. The Morgan fingerprint density at radius 3 is 2.77 bits per heavy atom. The fraction of sp³-hybridized carbons (Fsp3) is 0.0526. The molecule has 1 aromatic carbocycles. The van der Waals surface area contributed by atoms with Crippen LogP contribution >= 0.6 is 23.2 Å². The second kappa shape index (κ2) is 7.36. The van der Waals surface area contributed by atoms with E-state index in [9.17, 15) is 0 Å². The van der Waals surface area contributed by atoms with Crippen molar-refractivity contribution in [2.75, 3.05) is 5.32 Å². The Hall–Kier alpha value is -3.56. The zero-order valence-corrected chi connectivity index (χ0v) is 16.9. The smallest absolute Gasteiger partial charge is 0.272 e. The summed E-state index contributed by atoms with van der Waals surface area (Å²) in [6.07, 6.45) is 3.18. The molecular formula is C19H12Cl2N8O. The summed E-state index contributed by atoms with van der Waals surface area (Å²) in [5.41, 5.74) is 2.47. The highest BCUT2D eigenvalue weighted by molar-refractivity contribution is 6.36. The first-order valence-electron chi connectivity index (χ1n) is 8.78. The molecular weight excluding hydrogens is 427 g/mol. The number of fused-ring (bicyclic) bond motifs is 1. The van der Waals surface area contributed by atoms with Gasteiger partial charge in [-0.1, -0.05) is 23.2 Å². The van der Waals surface area contributed by atoms with Gasteiger partial charge in [-0.2, -0.15) is 9.50 Å². The van der Waals surface area contributed by atoms with Crippen LogP contribution in [-0.2, 0) is 0 Å². The number of halogens is 2. The summed E-state index contributed by atoms with van der Waals surface area (Å²) in [5, 5.41) is 17.0. The van der Waals surface area contributed by atoms with Gasteiger partial charge in [-0.3, -0.25) is 0 Å². The summed E-state index contributed by atoms with van der Waals surface area (Å²) in [6, 6.07) is 10.4. The lowest BCUT2D eigenvalue weighted by Gasteiger charge is -2.09. The maximum atomic E-state index is 6.22. The van der Waals surface area contributed by atoms with Crippen LogP contribution in [-0.4, -0.2) is 34.8 Å². The third-order valence-electron chi connectivity index (χ3n) is 4.31. The van der Waals surface area contributed by atoms with Crippen LogP contribution in [0.1, 0.15) is 5.69 Å². The molecule has 11 heteroatoms. The van der Waals surface area contributed by atoms with Crippen LogP contribution < -0.4 is 5.32 Å². The normalized spacial score (nSPS) is 11.2. The highest BCUT2D eigenvalue weighted by Crippen LogP contribution is 2.28. The van der Waals surface area contributed by atoms with Crippen molar-refractivity contribution in [3.05, 3.63) is 64.6 Å². The van der Waals surface area contributed by atoms with E-state index in [1.807, 2.05) is 6.92 Å². The van der Waals surface area contributed by atoms with Crippen LogP contribution in [0.2, 0.25) is 10.0 Å². The van der Waals surface area contributed by atoms with Crippen molar-refractivity contribution in [2.24, 2.45) is 0 Å². The molecule has 0 saturated heterocycles. The number of nitrogens with zero attached hydrogens (tertiary/aromatic N) is 7. The van der Waals surface area contributed by atoms with Gasteiger partial charge in [0, 0.05) is 11.2 Å². The molecule has 4 aromatic heterocycles. The first kappa shape index (κ1) is 18.5. The molecule has 30 heavy (non-hydrogen) atoms. The molecule has 9 nitrogen and oxygen atoms in total. The summed E-state index contributed by atoms with van der Waals surface area (Å²) >= 11 is 12.2. The fourth-order valence-corrected chi connectivity index (χ4v) is 3.33. The van der Waals surface area contributed by atoms with Crippen LogP contribution in [0.3, 0.4) is 0 Å². The van der Waals surface area contributed by atoms with Gasteiger partial charge in [-0.25, -0.2) is 9.97 Å². The van der Waals surface area contributed by atoms with E-state index in [1.54, 1.807) is 53.4 Å². The predicted octanol–water partition coefficient (Wildman–Crippen LogP) is 4.60. The van der Waals surface area contributed by atoms with Crippen molar-refractivity contribution < 1.29 is 4.42 Å². The van der Waals surface area contributed by atoms with Crippen molar-refractivity contribution in [3.8, 4) is 23.0 Å². The van der Waals surface area contributed by atoms with Crippen molar-refractivity contribution in [1.82, 2.24) is 34.8 Å². The molecule has 1 N–H and O–H groups in total. The number of nitrogens with one attached hydrogen (secondary N) is 1. The second-order valence-electron chi connectivity index (χ2n) is 6.27. The van der Waals surface area contributed by atoms with E-state index in [-0.39, 0.29) is 0 Å². The molecule has 0 aliphatic carbocycles. The maximum Gasteiger partial charge on any atom is 0.272 e. The van der Waals surface area contributed by atoms with Crippen LogP contribution in [0.25, 0.3) is 28.8 Å². The topological polar surface area (TPSA) is 107 Å². The van der Waals surface area contributed by atoms with Gasteiger partial charge in [-0.05, 0) is 43.3 Å². The summed E-state index contributed by atoms with van der Waals surface area (Å²) in [7, 11) is 0. The lowest BCUT2D eigenvalue weighted by atomic mass is 10.2. The quantitative estimate of drug-likeness (QED) is 0.433. The molecule has 148 valence electrons. The van der Waals surface area contributed by atoms with Gasteiger partial charge in [0.1, 0.15) is 5.69 Å². The molecule has 0 aliphatic rings. The SMILES string of the molecule is Cc1c(-c2ccnc(Nc3ccc(Cl)cc3Cl)n2)nnc2nc(-c3ccco3)nn12. The summed E-state index contributed by atoms with van der Waals surface area (Å²) in [4.78, 5) is 13.1. The lowest BCUT2D eigenvalue weighted by Crippen LogP contribution is -2.05. The molecule has 5 rings (SSSR count). The standard InChI is InChI=1S/C19H12Cl2N8O/c1-10-16(26-27-19-25-17(28-29(10)19)15-3-2-8-30-15)14-6-7-22-18(24-14)23-13-5-4-11(20)9-12(13)21/h2-9H,1H3,(H,22,23,24). The average Bonchev–Trinajstić information content (AvgIpc) is 3.40. The molecule has 0 atom stereocenters. The number of aryl methyl sites for hydroxylation is 1. The van der Waals surface area contributed by atoms with Crippen molar-refractivity contribution >= 4 is 40.6 Å². The molecule has 0 saturated carbocycles. The minimum Gasteiger partial charge on any atom is -0.461 e. The van der Waals surface area contributed by atoms with Crippen LogP contribution in [0, 0.1) is 6.92 Å². The highest BCUT2D eigenvalue weighted by Gasteiger charge is 2.16. The number of rotatable bonds is 4. The number of anilines is 2. The first-order valence-corrected chi connectivity index (χ1v) is 9.53. The summed E-state index contributed by atoms with van der Waals surface area (Å²) in [5.74, 6) is 1.70. The van der Waals surface area contributed by atoms with Crippen molar-refractivity contribution in [2.45, 2.75) is 6.92 Å². The van der Waals surface area contributed by atoms with Crippen molar-refractivity contribution in [1.29, 1.82) is 0 Å². The molecule has 0 bridgehead atoms. The Labute approximate surface area is 179 Å². The lowest BCUT2D eigenvalue weighted by molar-refractivity contribution is 0.577. The first-order chi connectivity index (χ1) is 14.6. The van der Waals surface area contributed by atoms with E-state index in [4.69, 9.17) is 27.6 Å². The number of aromatic nitrogens is 7. The molecule has 0 spiro atoms. The number of hydrogen-bond acceptors (Lipinski definition) is 8. The van der Waals surface area contributed by atoms with Gasteiger partial charge in [0.2, 0.25) is 11.8 Å². The Bertz CT molecular complexity index is 1370. The van der Waals surface area contributed by atoms with E-state index in [1.165, 1.54) is 0 Å². The molecule has 5 aromatic rings. The Morgan fingerprint density at radius 1 is 1.07 bits per heavy atom. The molecule has 0 radical (unpaired) electrons. The summed E-state index contributed by atoms with van der Waals surface area (Å²) < 4.78 is 6.96. The van der Waals surface area contributed by atoms with Gasteiger partial charge in [-0.15, -0.1) is 15.3 Å². The van der Waals surface area contributed by atoms with Crippen molar-refractivity contribution in [3.63, 3.8) is 0 Å². The van der Waals surface area contributed by atoms with Crippen LogP contribution in [0.15, 0.2) is 53.3 Å². The van der Waals surface area contributed by atoms with Gasteiger partial charge in [0.15, 0.2) is 5.76 Å². The van der Waals surface area contributed by atoms with Gasteiger partial charge >= 0.3 is 0 Å². The van der Waals surface area contributed by atoms with E-state index < -0.39 is 0 Å². The van der Waals surface area contributed by atoms with E-state index in [2.05, 4.69) is 35.6 Å². The molecule has 4 heterocycles.